The first-order valence-corrected chi connectivity index (χ1v) is 14.9. The lowest BCUT2D eigenvalue weighted by atomic mass is 9.99. The summed E-state index contributed by atoms with van der Waals surface area (Å²) in [7, 11) is 0. The number of halogens is 3. The van der Waals surface area contributed by atoms with Crippen LogP contribution in [-0.4, -0.2) is 48.0 Å². The highest BCUT2D eigenvalue weighted by molar-refractivity contribution is 5.98. The Morgan fingerprint density at radius 3 is 2.26 bits per heavy atom. The van der Waals surface area contributed by atoms with Crippen molar-refractivity contribution in [3.8, 4) is 28.1 Å². The van der Waals surface area contributed by atoms with Crippen LogP contribution in [0.2, 0.25) is 0 Å². The van der Waals surface area contributed by atoms with Crippen molar-refractivity contribution in [1.29, 1.82) is 0 Å². The van der Waals surface area contributed by atoms with E-state index in [9.17, 15) is 27.6 Å². The Balaban J connectivity index is 0.000000544. The summed E-state index contributed by atoms with van der Waals surface area (Å²) >= 11 is 0. The summed E-state index contributed by atoms with van der Waals surface area (Å²) in [6.07, 6.45) is 2.15. The third-order valence-electron chi connectivity index (χ3n) is 7.19. The van der Waals surface area contributed by atoms with Gasteiger partial charge in [-0.15, -0.1) is 0 Å². The number of anilines is 1. The molecule has 3 aromatic carbocycles. The molecular formula is C35H28F3N5O7. The molecule has 0 aliphatic heterocycles. The van der Waals surface area contributed by atoms with E-state index < -0.39 is 40.9 Å². The Bertz CT molecular complexity index is 2340. The van der Waals surface area contributed by atoms with E-state index in [1.54, 1.807) is 32.9 Å². The number of aromatic nitrogens is 4. The maximum Gasteiger partial charge on any atom is 0.328 e. The van der Waals surface area contributed by atoms with Gasteiger partial charge in [0.15, 0.2) is 17.2 Å². The van der Waals surface area contributed by atoms with E-state index >= 15 is 0 Å². The third kappa shape index (κ3) is 7.31. The zero-order valence-corrected chi connectivity index (χ0v) is 26.6. The third-order valence-corrected chi connectivity index (χ3v) is 7.19. The van der Waals surface area contributed by atoms with Crippen LogP contribution in [-0.2, 0) is 9.59 Å². The average molecular weight is 688 g/mol. The molecule has 0 saturated heterocycles. The van der Waals surface area contributed by atoms with Crippen LogP contribution < -0.4 is 15.9 Å². The highest BCUT2D eigenvalue weighted by Crippen LogP contribution is 2.37. The molecule has 1 atom stereocenters. The summed E-state index contributed by atoms with van der Waals surface area (Å²) < 4.78 is 56.6. The fourth-order valence-corrected chi connectivity index (χ4v) is 5.12. The molecule has 0 aliphatic carbocycles. The van der Waals surface area contributed by atoms with E-state index in [1.165, 1.54) is 53.5 Å². The minimum absolute atomic E-state index is 0.00183. The lowest BCUT2D eigenvalue weighted by Gasteiger charge is -2.17. The van der Waals surface area contributed by atoms with Gasteiger partial charge in [0.05, 0.1) is 22.4 Å². The Morgan fingerprint density at radius 2 is 1.62 bits per heavy atom. The number of carboxylic acids is 2. The van der Waals surface area contributed by atoms with Crippen molar-refractivity contribution in [3.63, 3.8) is 0 Å². The molecule has 0 bridgehead atoms. The Labute approximate surface area is 280 Å². The number of aliphatic carboxylic acids is 2. The van der Waals surface area contributed by atoms with Gasteiger partial charge in [0.25, 0.3) is 0 Å². The first-order chi connectivity index (χ1) is 23.7. The monoisotopic (exact) mass is 687 g/mol. The van der Waals surface area contributed by atoms with E-state index in [-0.39, 0.29) is 45.5 Å². The number of nitrogens with zero attached hydrogens (tertiary/aromatic N) is 4. The number of carbonyl (C=O) groups is 2. The zero-order chi connectivity index (χ0) is 36.3. The van der Waals surface area contributed by atoms with Crippen LogP contribution in [0.5, 0.6) is 5.75 Å². The fraction of sp³-hybridized carbons (Fsp3) is 0.143. The number of rotatable bonds is 8. The predicted octanol–water partition coefficient (Wildman–Crippen LogP) is 6.37. The lowest BCUT2D eigenvalue weighted by Crippen LogP contribution is -2.16. The first kappa shape index (κ1) is 34.8. The molecule has 0 amide bonds. The number of nitrogens with two attached hydrogens (primary N) is 1. The summed E-state index contributed by atoms with van der Waals surface area (Å²) in [5.41, 5.74) is 7.10. The van der Waals surface area contributed by atoms with Gasteiger partial charge in [0.2, 0.25) is 5.43 Å². The SMILES string of the molecule is CC(C)Oc1ccc(-c2nn(C(C)c3oc4ccc(F)cc4c(=O)c3-c3cccc(F)c3)c3ncnc(N)c23)cc1F.O=C(O)C=CC(=O)O. The molecule has 0 radical (unpaired) electrons. The van der Waals surface area contributed by atoms with E-state index in [4.69, 9.17) is 30.2 Å². The van der Waals surface area contributed by atoms with Gasteiger partial charge in [-0.1, -0.05) is 12.1 Å². The molecule has 15 heteroatoms. The minimum atomic E-state index is -1.26. The van der Waals surface area contributed by atoms with Crippen molar-refractivity contribution in [2.45, 2.75) is 32.9 Å². The molecule has 256 valence electrons. The highest BCUT2D eigenvalue weighted by atomic mass is 19.1. The van der Waals surface area contributed by atoms with Crippen LogP contribution in [0.4, 0.5) is 19.0 Å². The molecule has 50 heavy (non-hydrogen) atoms. The minimum Gasteiger partial charge on any atom is -0.488 e. The van der Waals surface area contributed by atoms with Gasteiger partial charge in [-0.25, -0.2) is 37.4 Å². The number of hydrogen-bond acceptors (Lipinski definition) is 9. The topological polar surface area (TPSA) is 184 Å². The predicted molar refractivity (Wildman–Crippen MR) is 177 cm³/mol. The summed E-state index contributed by atoms with van der Waals surface area (Å²) in [6.45, 7) is 5.30. The fourth-order valence-electron chi connectivity index (χ4n) is 5.12. The van der Waals surface area contributed by atoms with Gasteiger partial charge in [0.1, 0.15) is 46.9 Å². The molecule has 3 heterocycles. The zero-order valence-electron chi connectivity index (χ0n) is 26.6. The summed E-state index contributed by atoms with van der Waals surface area (Å²) in [5, 5.41) is 20.7. The van der Waals surface area contributed by atoms with E-state index in [2.05, 4.69) is 9.97 Å². The second-order valence-corrected chi connectivity index (χ2v) is 11.1. The van der Waals surface area contributed by atoms with Crippen LogP contribution in [0.15, 0.2) is 88.4 Å². The van der Waals surface area contributed by atoms with Crippen molar-refractivity contribution < 1.29 is 42.1 Å². The van der Waals surface area contributed by atoms with Crippen molar-refractivity contribution in [2.75, 3.05) is 5.73 Å². The van der Waals surface area contributed by atoms with Gasteiger partial charge >= 0.3 is 11.9 Å². The maximum absolute atomic E-state index is 15.0. The second kappa shape index (κ2) is 14.3. The number of benzene rings is 3. The van der Waals surface area contributed by atoms with E-state index in [1.807, 2.05) is 0 Å². The van der Waals surface area contributed by atoms with Gasteiger partial charge in [-0.2, -0.15) is 5.10 Å². The quantitative estimate of drug-likeness (QED) is 0.151. The molecule has 0 saturated carbocycles. The molecule has 12 nitrogen and oxygen atoms in total. The molecule has 6 rings (SSSR count). The standard InChI is InChI=1S/C31H24F3N5O3.C4H4O4/c1-15(2)41-24-9-7-18(12-22(24)34)27-26-30(35)36-14-37-31(26)39(38-27)16(3)29-25(17-5-4-6-19(32)11-17)28(40)21-13-20(33)8-10-23(21)42-29;5-3(6)1-2-4(7)8/h4-16H,1-3H3,(H2,35,36,37);1-2H,(H,5,6)(H,7,8). The van der Waals surface area contributed by atoms with Crippen LogP contribution in [0.25, 0.3) is 44.4 Å². The summed E-state index contributed by atoms with van der Waals surface area (Å²) in [6, 6.07) is 12.7. The number of hydrogen-bond donors (Lipinski definition) is 3. The smallest absolute Gasteiger partial charge is 0.328 e. The van der Waals surface area contributed by atoms with E-state index in [0.29, 0.717) is 34.4 Å². The molecule has 4 N–H and O–H groups in total. The molecule has 3 aromatic heterocycles. The molecule has 0 aliphatic rings. The van der Waals surface area contributed by atoms with Gasteiger partial charge < -0.3 is 25.1 Å². The largest absolute Gasteiger partial charge is 0.488 e. The Hall–Kier alpha value is -6.51. The van der Waals surface area contributed by atoms with Crippen molar-refractivity contribution >= 4 is 39.8 Å². The molecule has 6 aromatic rings. The van der Waals surface area contributed by atoms with E-state index in [0.717, 1.165) is 6.07 Å². The van der Waals surface area contributed by atoms with Gasteiger partial charge in [-0.3, -0.25) is 4.79 Å². The molecule has 0 fully saturated rings. The van der Waals surface area contributed by atoms with Crippen LogP contribution in [0, 0.1) is 17.5 Å². The lowest BCUT2D eigenvalue weighted by molar-refractivity contribution is -0.134. The maximum atomic E-state index is 15.0. The summed E-state index contributed by atoms with van der Waals surface area (Å²) in [5.74, 6) is -3.96. The first-order valence-electron chi connectivity index (χ1n) is 14.9. The van der Waals surface area contributed by atoms with Crippen molar-refractivity contribution in [3.05, 3.63) is 113 Å². The highest BCUT2D eigenvalue weighted by Gasteiger charge is 2.27. The Morgan fingerprint density at radius 1 is 0.920 bits per heavy atom. The summed E-state index contributed by atoms with van der Waals surface area (Å²) in [4.78, 5) is 41.4. The molecule has 1 unspecified atom stereocenters. The number of ether oxygens (including phenoxy) is 1. The number of nitrogen functional groups attached to an aromatic ring is 1. The number of carboxylic acid groups (broad SMARTS) is 2. The number of fused-ring (bicyclic) bond motifs is 2. The second-order valence-electron chi connectivity index (χ2n) is 11.1. The van der Waals surface area contributed by atoms with Gasteiger partial charge in [0, 0.05) is 17.7 Å². The van der Waals surface area contributed by atoms with Crippen LogP contribution >= 0.6 is 0 Å². The van der Waals surface area contributed by atoms with Crippen LogP contribution in [0.1, 0.15) is 32.6 Å². The average Bonchev–Trinajstić information content (AvgIpc) is 3.46. The van der Waals surface area contributed by atoms with Gasteiger partial charge in [-0.05, 0) is 74.9 Å². The normalized spacial score (nSPS) is 11.9. The Kier molecular flexibility index (Phi) is 9.96. The van der Waals surface area contributed by atoms with Crippen molar-refractivity contribution in [2.24, 2.45) is 0 Å². The van der Waals surface area contributed by atoms with Crippen molar-refractivity contribution in [1.82, 2.24) is 19.7 Å². The molecular weight excluding hydrogens is 659 g/mol. The van der Waals surface area contributed by atoms with Crippen LogP contribution in [0.3, 0.4) is 0 Å². The molecule has 0 spiro atoms.